The van der Waals surface area contributed by atoms with Crippen molar-refractivity contribution in [3.8, 4) is 17.4 Å². The number of ether oxygens (including phenoxy) is 2. The molecule has 0 bridgehead atoms. The highest BCUT2D eigenvalue weighted by atomic mass is 16.5. The van der Waals surface area contributed by atoms with Gasteiger partial charge in [-0.1, -0.05) is 0 Å². The number of carbonyl (C=O) groups is 1. The Bertz CT molecular complexity index is 1040. The largest absolute Gasteiger partial charge is 0.439 e. The maximum atomic E-state index is 12.4. The molecule has 1 aliphatic rings. The van der Waals surface area contributed by atoms with Crippen LogP contribution in [-0.2, 0) is 9.53 Å². The monoisotopic (exact) mass is 407 g/mol. The minimum Gasteiger partial charge on any atom is -0.439 e. The molecule has 4 rings (SSSR count). The zero-order chi connectivity index (χ0) is 21.1. The predicted octanol–water partition coefficient (Wildman–Crippen LogP) is 3.74. The van der Waals surface area contributed by atoms with E-state index in [9.17, 15) is 4.79 Å². The molecular formula is C22H25N5O3. The number of nitrogens with zero attached hydrogens (tertiary/aromatic N) is 4. The number of hydrogen-bond donors (Lipinski definition) is 1. The van der Waals surface area contributed by atoms with Crippen LogP contribution in [0.25, 0.3) is 5.82 Å². The standard InChI is InChI=1S/C22H25N5O3/c1-14-12-15(2)27(26-14)20-13-21(24-16(3)23-20)30-19-6-4-18(5-7-19)25-22(28)17-8-10-29-11-9-17/h4-7,12-13,17H,8-11H2,1-3H3,(H,25,28). The van der Waals surface area contributed by atoms with E-state index in [1.165, 1.54) is 0 Å². The molecular weight excluding hydrogens is 382 g/mol. The van der Waals surface area contributed by atoms with Crippen molar-refractivity contribution in [1.82, 2.24) is 19.7 Å². The van der Waals surface area contributed by atoms with Crippen molar-refractivity contribution in [3.05, 3.63) is 53.6 Å². The summed E-state index contributed by atoms with van der Waals surface area (Å²) in [6, 6.07) is 11.0. The summed E-state index contributed by atoms with van der Waals surface area (Å²) in [6.45, 7) is 7.02. The molecule has 0 aliphatic carbocycles. The molecule has 1 aromatic carbocycles. The first kappa shape index (κ1) is 20.0. The number of hydrogen-bond acceptors (Lipinski definition) is 6. The highest BCUT2D eigenvalue weighted by Crippen LogP contribution is 2.24. The predicted molar refractivity (Wildman–Crippen MR) is 112 cm³/mol. The molecule has 156 valence electrons. The highest BCUT2D eigenvalue weighted by Gasteiger charge is 2.21. The summed E-state index contributed by atoms with van der Waals surface area (Å²) in [6.07, 6.45) is 1.52. The summed E-state index contributed by atoms with van der Waals surface area (Å²) < 4.78 is 13.0. The van der Waals surface area contributed by atoms with E-state index in [-0.39, 0.29) is 11.8 Å². The number of carbonyl (C=O) groups excluding carboxylic acids is 1. The average Bonchev–Trinajstić information content (AvgIpc) is 3.08. The van der Waals surface area contributed by atoms with Gasteiger partial charge >= 0.3 is 0 Å². The van der Waals surface area contributed by atoms with Crippen LogP contribution in [0.1, 0.15) is 30.1 Å². The lowest BCUT2D eigenvalue weighted by Gasteiger charge is -2.21. The van der Waals surface area contributed by atoms with Crippen LogP contribution in [0.2, 0.25) is 0 Å². The molecule has 8 nitrogen and oxygen atoms in total. The van der Waals surface area contributed by atoms with Gasteiger partial charge in [-0.3, -0.25) is 4.79 Å². The first-order valence-corrected chi connectivity index (χ1v) is 10.0. The molecule has 1 fully saturated rings. The Morgan fingerprint density at radius 3 is 2.50 bits per heavy atom. The van der Waals surface area contributed by atoms with Gasteiger partial charge in [0.05, 0.1) is 5.69 Å². The van der Waals surface area contributed by atoms with Crippen molar-refractivity contribution < 1.29 is 14.3 Å². The van der Waals surface area contributed by atoms with Gasteiger partial charge in [-0.05, 0) is 63.9 Å². The van der Waals surface area contributed by atoms with E-state index < -0.39 is 0 Å². The van der Waals surface area contributed by atoms with Crippen LogP contribution in [0.4, 0.5) is 5.69 Å². The summed E-state index contributed by atoms with van der Waals surface area (Å²) in [7, 11) is 0. The first-order valence-electron chi connectivity index (χ1n) is 10.0. The van der Waals surface area contributed by atoms with Crippen molar-refractivity contribution in [1.29, 1.82) is 0 Å². The van der Waals surface area contributed by atoms with Crippen molar-refractivity contribution in [2.24, 2.45) is 5.92 Å². The van der Waals surface area contributed by atoms with E-state index in [2.05, 4.69) is 20.4 Å². The van der Waals surface area contributed by atoms with Gasteiger partial charge in [0.1, 0.15) is 11.6 Å². The molecule has 0 saturated carbocycles. The smallest absolute Gasteiger partial charge is 0.227 e. The SMILES string of the molecule is Cc1cc(C)n(-c2cc(Oc3ccc(NC(=O)C4CCOCC4)cc3)nc(C)n2)n1. The van der Waals surface area contributed by atoms with Crippen LogP contribution >= 0.6 is 0 Å². The summed E-state index contributed by atoms with van der Waals surface area (Å²) >= 11 is 0. The molecule has 1 amide bonds. The molecule has 0 radical (unpaired) electrons. The molecule has 3 aromatic rings. The number of rotatable bonds is 5. The van der Waals surface area contributed by atoms with Gasteiger partial charge in [0.15, 0.2) is 5.82 Å². The molecule has 1 saturated heterocycles. The molecule has 0 atom stereocenters. The first-order chi connectivity index (χ1) is 14.5. The second kappa shape index (κ2) is 8.62. The number of benzene rings is 1. The van der Waals surface area contributed by atoms with E-state index in [0.717, 1.165) is 29.9 Å². The van der Waals surface area contributed by atoms with Crippen LogP contribution in [0.15, 0.2) is 36.4 Å². The van der Waals surface area contributed by atoms with Crippen molar-refractivity contribution in [3.63, 3.8) is 0 Å². The zero-order valence-electron chi connectivity index (χ0n) is 17.4. The van der Waals surface area contributed by atoms with Crippen molar-refractivity contribution in [2.45, 2.75) is 33.6 Å². The second-order valence-electron chi connectivity index (χ2n) is 7.45. The third kappa shape index (κ3) is 4.65. The van der Waals surface area contributed by atoms with Gasteiger partial charge in [-0.2, -0.15) is 10.1 Å². The summed E-state index contributed by atoms with van der Waals surface area (Å²) in [5, 5.41) is 7.43. The fourth-order valence-electron chi connectivity index (χ4n) is 3.48. The van der Waals surface area contributed by atoms with Crippen LogP contribution in [0, 0.1) is 26.7 Å². The third-order valence-corrected chi connectivity index (χ3v) is 4.96. The summed E-state index contributed by atoms with van der Waals surface area (Å²) in [5.41, 5.74) is 2.65. The van der Waals surface area contributed by atoms with Crippen LogP contribution < -0.4 is 10.1 Å². The molecule has 8 heteroatoms. The number of aromatic nitrogens is 4. The van der Waals surface area contributed by atoms with Gasteiger partial charge in [0, 0.05) is 36.6 Å². The number of aryl methyl sites for hydroxylation is 3. The van der Waals surface area contributed by atoms with Crippen LogP contribution in [-0.4, -0.2) is 38.9 Å². The minimum absolute atomic E-state index is 0.00600. The fraction of sp³-hybridized carbons (Fsp3) is 0.364. The van der Waals surface area contributed by atoms with Gasteiger partial charge in [-0.15, -0.1) is 0 Å². The van der Waals surface area contributed by atoms with Crippen molar-refractivity contribution in [2.75, 3.05) is 18.5 Å². The number of amides is 1. The Morgan fingerprint density at radius 2 is 1.83 bits per heavy atom. The molecule has 0 unspecified atom stereocenters. The van der Waals surface area contributed by atoms with E-state index in [1.807, 2.05) is 39.0 Å². The second-order valence-corrected chi connectivity index (χ2v) is 7.45. The number of anilines is 1. The van der Waals surface area contributed by atoms with E-state index in [4.69, 9.17) is 9.47 Å². The van der Waals surface area contributed by atoms with Crippen molar-refractivity contribution >= 4 is 11.6 Å². The molecule has 30 heavy (non-hydrogen) atoms. The lowest BCUT2D eigenvalue weighted by Crippen LogP contribution is -2.28. The Hall–Kier alpha value is -3.26. The Labute approximate surface area is 175 Å². The average molecular weight is 407 g/mol. The maximum absolute atomic E-state index is 12.4. The fourth-order valence-corrected chi connectivity index (χ4v) is 3.48. The van der Waals surface area contributed by atoms with E-state index in [1.54, 1.807) is 22.9 Å². The summed E-state index contributed by atoms with van der Waals surface area (Å²) in [5.74, 6) is 2.35. The Morgan fingerprint density at radius 1 is 1.10 bits per heavy atom. The van der Waals surface area contributed by atoms with Gasteiger partial charge in [0.25, 0.3) is 0 Å². The topological polar surface area (TPSA) is 91.2 Å². The molecule has 1 aliphatic heterocycles. The lowest BCUT2D eigenvalue weighted by molar-refractivity contribution is -0.122. The molecule has 0 spiro atoms. The van der Waals surface area contributed by atoms with E-state index in [0.29, 0.717) is 36.5 Å². The maximum Gasteiger partial charge on any atom is 0.227 e. The van der Waals surface area contributed by atoms with Gasteiger partial charge in [0.2, 0.25) is 11.8 Å². The molecule has 2 aromatic heterocycles. The highest BCUT2D eigenvalue weighted by molar-refractivity contribution is 5.92. The molecule has 1 N–H and O–H groups in total. The Balaban J connectivity index is 1.45. The zero-order valence-corrected chi connectivity index (χ0v) is 17.4. The number of nitrogens with one attached hydrogen (secondary N) is 1. The van der Waals surface area contributed by atoms with Gasteiger partial charge < -0.3 is 14.8 Å². The Kier molecular flexibility index (Phi) is 5.76. The van der Waals surface area contributed by atoms with E-state index >= 15 is 0 Å². The van der Waals surface area contributed by atoms with Gasteiger partial charge in [-0.25, -0.2) is 9.67 Å². The summed E-state index contributed by atoms with van der Waals surface area (Å²) in [4.78, 5) is 21.2. The lowest BCUT2D eigenvalue weighted by atomic mass is 9.99. The third-order valence-electron chi connectivity index (χ3n) is 4.96. The minimum atomic E-state index is 0.00600. The molecule has 3 heterocycles. The normalized spacial score (nSPS) is 14.5. The quantitative estimate of drug-likeness (QED) is 0.693. The van der Waals surface area contributed by atoms with Crippen LogP contribution in [0.3, 0.4) is 0 Å². The van der Waals surface area contributed by atoms with Crippen LogP contribution in [0.5, 0.6) is 11.6 Å².